The number of hydrogen-bond donors (Lipinski definition) is 1. The maximum atomic E-state index is 12.5. The van der Waals surface area contributed by atoms with E-state index in [4.69, 9.17) is 0 Å². The van der Waals surface area contributed by atoms with E-state index in [1.165, 1.54) is 0 Å². The molecule has 5 heteroatoms. The number of hydrogen-bond acceptors (Lipinski definition) is 3. The van der Waals surface area contributed by atoms with Crippen LogP contribution in [0.25, 0.3) is 0 Å². The third-order valence-corrected chi connectivity index (χ3v) is 4.90. The minimum absolute atomic E-state index is 0.00839. The average Bonchev–Trinajstić information content (AvgIpc) is 2.69. The Labute approximate surface area is 161 Å². The molecule has 0 atom stereocenters. The highest BCUT2D eigenvalue weighted by Gasteiger charge is 2.23. The molecule has 1 aliphatic rings. The van der Waals surface area contributed by atoms with Gasteiger partial charge in [-0.15, -0.1) is 0 Å². The second-order valence-corrected chi connectivity index (χ2v) is 7.22. The molecule has 5 nitrogen and oxygen atoms in total. The van der Waals surface area contributed by atoms with E-state index in [1.54, 1.807) is 0 Å². The maximum absolute atomic E-state index is 12.5. The summed E-state index contributed by atoms with van der Waals surface area (Å²) in [6.07, 6.45) is 0. The van der Waals surface area contributed by atoms with Crippen molar-refractivity contribution in [3.63, 3.8) is 0 Å². The Balaban J connectivity index is 1.51. The molecule has 142 valence electrons. The van der Waals surface area contributed by atoms with Crippen molar-refractivity contribution in [2.75, 3.05) is 38.0 Å². The Morgan fingerprint density at radius 2 is 1.56 bits per heavy atom. The minimum Gasteiger partial charge on any atom is -0.336 e. The van der Waals surface area contributed by atoms with Crippen LogP contribution < -0.4 is 5.32 Å². The van der Waals surface area contributed by atoms with Crippen molar-refractivity contribution in [1.82, 2.24) is 9.80 Å². The number of anilines is 1. The van der Waals surface area contributed by atoms with Crippen molar-refractivity contribution in [1.29, 1.82) is 0 Å². The van der Waals surface area contributed by atoms with Crippen molar-refractivity contribution >= 4 is 17.5 Å². The van der Waals surface area contributed by atoms with Gasteiger partial charge in [-0.25, -0.2) is 0 Å². The second kappa shape index (κ2) is 8.82. The number of carbonyl (C=O) groups is 2. The predicted molar refractivity (Wildman–Crippen MR) is 108 cm³/mol. The molecule has 0 bridgehead atoms. The van der Waals surface area contributed by atoms with E-state index in [-0.39, 0.29) is 11.8 Å². The molecular weight excluding hydrogens is 338 g/mol. The van der Waals surface area contributed by atoms with Crippen LogP contribution in [0.15, 0.2) is 54.6 Å². The summed E-state index contributed by atoms with van der Waals surface area (Å²) >= 11 is 0. The lowest BCUT2D eigenvalue weighted by Gasteiger charge is -2.34. The lowest BCUT2D eigenvalue weighted by Crippen LogP contribution is -2.50. The highest BCUT2D eigenvalue weighted by atomic mass is 16.2. The number of piperazine rings is 1. The quantitative estimate of drug-likeness (QED) is 0.885. The summed E-state index contributed by atoms with van der Waals surface area (Å²) in [5, 5.41) is 3.04. The molecule has 1 aliphatic heterocycles. The number of nitrogens with zero attached hydrogens (tertiary/aromatic N) is 2. The fourth-order valence-corrected chi connectivity index (χ4v) is 3.38. The summed E-state index contributed by atoms with van der Waals surface area (Å²) in [6, 6.07) is 17.3. The van der Waals surface area contributed by atoms with E-state index in [9.17, 15) is 9.59 Å². The molecule has 1 heterocycles. The first-order chi connectivity index (χ1) is 13.0. The first-order valence-corrected chi connectivity index (χ1v) is 9.50. The van der Waals surface area contributed by atoms with Crippen molar-refractivity contribution in [3.05, 3.63) is 65.7 Å². The molecule has 0 unspecified atom stereocenters. The molecule has 27 heavy (non-hydrogen) atoms. The zero-order chi connectivity index (χ0) is 19.2. The molecule has 0 spiro atoms. The molecule has 0 aromatic heterocycles. The van der Waals surface area contributed by atoms with Gasteiger partial charge in [0.2, 0.25) is 5.91 Å². The molecule has 1 N–H and O–H groups in total. The van der Waals surface area contributed by atoms with E-state index in [1.807, 2.05) is 59.5 Å². The van der Waals surface area contributed by atoms with Crippen LogP contribution in [0.2, 0.25) is 0 Å². The van der Waals surface area contributed by atoms with E-state index < -0.39 is 0 Å². The van der Waals surface area contributed by atoms with Gasteiger partial charge in [0, 0.05) is 37.4 Å². The van der Waals surface area contributed by atoms with Crippen molar-refractivity contribution in [2.45, 2.75) is 19.8 Å². The van der Waals surface area contributed by atoms with Gasteiger partial charge in [-0.05, 0) is 29.7 Å². The van der Waals surface area contributed by atoms with Gasteiger partial charge in [0.05, 0.1) is 6.54 Å². The number of carbonyl (C=O) groups excluding carboxylic acids is 2. The Morgan fingerprint density at radius 3 is 2.22 bits per heavy atom. The van der Waals surface area contributed by atoms with Gasteiger partial charge in [-0.1, -0.05) is 50.2 Å². The average molecular weight is 365 g/mol. The summed E-state index contributed by atoms with van der Waals surface area (Å²) in [6.45, 7) is 7.28. The predicted octanol–water partition coefficient (Wildman–Crippen LogP) is 3.21. The van der Waals surface area contributed by atoms with Crippen LogP contribution in [-0.4, -0.2) is 54.3 Å². The van der Waals surface area contributed by atoms with Gasteiger partial charge in [-0.3, -0.25) is 14.5 Å². The number of para-hydroxylation sites is 1. The molecule has 0 saturated carbocycles. The van der Waals surface area contributed by atoms with Crippen LogP contribution in [0.1, 0.15) is 35.7 Å². The summed E-state index contributed by atoms with van der Waals surface area (Å²) in [5.74, 6) is 0.408. The molecule has 2 amide bonds. The molecular formula is C22H27N3O2. The van der Waals surface area contributed by atoms with Crippen LogP contribution in [0.4, 0.5) is 5.69 Å². The highest BCUT2D eigenvalue weighted by molar-refractivity contribution is 5.94. The van der Waals surface area contributed by atoms with Gasteiger partial charge in [0.15, 0.2) is 0 Å². The van der Waals surface area contributed by atoms with Gasteiger partial charge >= 0.3 is 0 Å². The first kappa shape index (κ1) is 19.1. The van der Waals surface area contributed by atoms with Gasteiger partial charge in [0.1, 0.15) is 0 Å². The van der Waals surface area contributed by atoms with E-state index in [2.05, 4.69) is 24.1 Å². The fourth-order valence-electron chi connectivity index (χ4n) is 3.38. The van der Waals surface area contributed by atoms with Crippen LogP contribution in [0.3, 0.4) is 0 Å². The van der Waals surface area contributed by atoms with Crippen molar-refractivity contribution in [3.8, 4) is 0 Å². The van der Waals surface area contributed by atoms with E-state index in [0.717, 1.165) is 11.3 Å². The summed E-state index contributed by atoms with van der Waals surface area (Å²) < 4.78 is 0. The smallest absolute Gasteiger partial charge is 0.253 e. The molecule has 0 aliphatic carbocycles. The van der Waals surface area contributed by atoms with Crippen molar-refractivity contribution in [2.24, 2.45) is 0 Å². The SMILES string of the molecule is CC(C)c1ccccc1NC(=O)CN1CCN(C(=O)c2ccccc2)CC1. The molecule has 0 radical (unpaired) electrons. The lowest BCUT2D eigenvalue weighted by molar-refractivity contribution is -0.117. The van der Waals surface area contributed by atoms with Crippen molar-refractivity contribution < 1.29 is 9.59 Å². The molecule has 2 aromatic carbocycles. The lowest BCUT2D eigenvalue weighted by atomic mass is 10.0. The highest BCUT2D eigenvalue weighted by Crippen LogP contribution is 2.23. The number of nitrogens with one attached hydrogen (secondary N) is 1. The molecule has 1 fully saturated rings. The van der Waals surface area contributed by atoms with E-state index in [0.29, 0.717) is 44.2 Å². The van der Waals surface area contributed by atoms with Crippen LogP contribution in [-0.2, 0) is 4.79 Å². The minimum atomic E-state index is -0.00839. The summed E-state index contributed by atoms with van der Waals surface area (Å²) in [7, 11) is 0. The third-order valence-electron chi connectivity index (χ3n) is 4.90. The number of rotatable bonds is 5. The summed E-state index contributed by atoms with van der Waals surface area (Å²) in [4.78, 5) is 28.9. The van der Waals surface area contributed by atoms with Gasteiger partial charge < -0.3 is 10.2 Å². The Hall–Kier alpha value is -2.66. The Bertz CT molecular complexity index is 781. The number of amides is 2. The standard InChI is InChI=1S/C22H27N3O2/c1-17(2)19-10-6-7-11-20(19)23-21(26)16-24-12-14-25(15-13-24)22(27)18-8-4-3-5-9-18/h3-11,17H,12-16H2,1-2H3,(H,23,26). The van der Waals surface area contributed by atoms with Gasteiger partial charge in [-0.2, -0.15) is 0 Å². The monoisotopic (exact) mass is 365 g/mol. The van der Waals surface area contributed by atoms with Crippen LogP contribution in [0, 0.1) is 0 Å². The zero-order valence-electron chi connectivity index (χ0n) is 16.0. The third kappa shape index (κ3) is 4.95. The number of benzene rings is 2. The van der Waals surface area contributed by atoms with E-state index >= 15 is 0 Å². The molecule has 2 aromatic rings. The largest absolute Gasteiger partial charge is 0.336 e. The maximum Gasteiger partial charge on any atom is 0.253 e. The zero-order valence-corrected chi connectivity index (χ0v) is 16.0. The molecule has 3 rings (SSSR count). The Morgan fingerprint density at radius 1 is 0.926 bits per heavy atom. The second-order valence-electron chi connectivity index (χ2n) is 7.22. The fraction of sp³-hybridized carbons (Fsp3) is 0.364. The summed E-state index contributed by atoms with van der Waals surface area (Å²) in [5.41, 5.74) is 2.74. The normalized spacial score (nSPS) is 15.0. The molecule has 1 saturated heterocycles. The van der Waals surface area contributed by atoms with Gasteiger partial charge in [0.25, 0.3) is 5.91 Å². The first-order valence-electron chi connectivity index (χ1n) is 9.50. The van der Waals surface area contributed by atoms with Crippen LogP contribution >= 0.6 is 0 Å². The topological polar surface area (TPSA) is 52.7 Å². The Kier molecular flexibility index (Phi) is 6.24. The van der Waals surface area contributed by atoms with Crippen LogP contribution in [0.5, 0.6) is 0 Å².